The Balaban J connectivity index is 1.59. The van der Waals surface area contributed by atoms with E-state index in [4.69, 9.17) is 37.4 Å². The first-order valence-electron chi connectivity index (χ1n) is 7.35. The number of hydrogen-bond donors (Lipinski definition) is 1. The molecule has 0 aromatic heterocycles. The molecule has 2 aromatic rings. The average Bonchev–Trinajstić information content (AvgIpc) is 2.62. The van der Waals surface area contributed by atoms with E-state index in [1.165, 1.54) is 6.07 Å². The van der Waals surface area contributed by atoms with Gasteiger partial charge in [0, 0.05) is 0 Å². The first-order chi connectivity index (χ1) is 12.0. The highest BCUT2D eigenvalue weighted by atomic mass is 35.5. The molecular weight excluding hydrogens is 369 g/mol. The van der Waals surface area contributed by atoms with Crippen LogP contribution in [0.5, 0.6) is 11.5 Å². The van der Waals surface area contributed by atoms with E-state index in [0.29, 0.717) is 34.8 Å². The van der Waals surface area contributed by atoms with Crippen LogP contribution in [-0.4, -0.2) is 31.7 Å². The van der Waals surface area contributed by atoms with Crippen molar-refractivity contribution in [3.8, 4) is 11.5 Å². The Hall–Kier alpha value is -2.44. The maximum Gasteiger partial charge on any atom is 0.338 e. The number of esters is 1. The molecular formula is C17H13Cl2NO5. The zero-order valence-electron chi connectivity index (χ0n) is 12.9. The first-order valence-corrected chi connectivity index (χ1v) is 8.11. The fourth-order valence-electron chi connectivity index (χ4n) is 2.18. The van der Waals surface area contributed by atoms with E-state index in [0.717, 1.165) is 0 Å². The van der Waals surface area contributed by atoms with Crippen LogP contribution in [0.3, 0.4) is 0 Å². The fraction of sp³-hybridized carbons (Fsp3) is 0.176. The first kappa shape index (κ1) is 17.4. The van der Waals surface area contributed by atoms with Gasteiger partial charge in [-0.2, -0.15) is 0 Å². The van der Waals surface area contributed by atoms with Gasteiger partial charge >= 0.3 is 5.97 Å². The number of carbonyl (C=O) groups is 2. The molecule has 0 spiro atoms. The molecule has 25 heavy (non-hydrogen) atoms. The van der Waals surface area contributed by atoms with Crippen molar-refractivity contribution < 1.29 is 23.8 Å². The van der Waals surface area contributed by atoms with Gasteiger partial charge in [0.25, 0.3) is 5.91 Å². The highest BCUT2D eigenvalue weighted by Crippen LogP contribution is 2.31. The zero-order valence-corrected chi connectivity index (χ0v) is 14.4. The van der Waals surface area contributed by atoms with Crippen LogP contribution in [0.2, 0.25) is 10.0 Å². The molecule has 1 amide bonds. The van der Waals surface area contributed by atoms with E-state index >= 15 is 0 Å². The smallest absolute Gasteiger partial charge is 0.338 e. The molecule has 0 fully saturated rings. The van der Waals surface area contributed by atoms with Gasteiger partial charge in [-0.3, -0.25) is 4.79 Å². The van der Waals surface area contributed by atoms with Crippen LogP contribution in [-0.2, 0) is 9.53 Å². The summed E-state index contributed by atoms with van der Waals surface area (Å²) in [5.41, 5.74) is 0.527. The molecule has 1 aliphatic rings. The largest absolute Gasteiger partial charge is 0.486 e. The minimum absolute atomic E-state index is 0.257. The predicted molar refractivity (Wildman–Crippen MR) is 92.8 cm³/mol. The van der Waals surface area contributed by atoms with Crippen molar-refractivity contribution in [3.05, 3.63) is 52.0 Å². The normalized spacial score (nSPS) is 12.4. The molecule has 130 valence electrons. The summed E-state index contributed by atoms with van der Waals surface area (Å²) < 4.78 is 15.8. The summed E-state index contributed by atoms with van der Waals surface area (Å²) in [5.74, 6) is -0.180. The van der Waals surface area contributed by atoms with E-state index in [-0.39, 0.29) is 11.3 Å². The van der Waals surface area contributed by atoms with Crippen LogP contribution in [0.4, 0.5) is 5.69 Å². The van der Waals surface area contributed by atoms with Crippen LogP contribution < -0.4 is 14.8 Å². The fourth-order valence-corrected chi connectivity index (χ4v) is 2.67. The van der Waals surface area contributed by atoms with Gasteiger partial charge < -0.3 is 19.5 Å². The molecule has 0 unspecified atom stereocenters. The predicted octanol–water partition coefficient (Wildman–Crippen LogP) is 3.56. The summed E-state index contributed by atoms with van der Waals surface area (Å²) in [4.78, 5) is 24.0. The standard InChI is InChI=1S/C17H13Cl2NO5/c18-11-2-1-3-12(19)16(11)20-15(21)9-25-17(22)10-4-5-13-14(8-10)24-7-6-23-13/h1-5,8H,6-7,9H2,(H,20,21). The number of hydrogen-bond acceptors (Lipinski definition) is 5. The number of amides is 1. The molecule has 8 heteroatoms. The molecule has 1 heterocycles. The number of anilines is 1. The Morgan fingerprint density at radius 2 is 1.72 bits per heavy atom. The van der Waals surface area contributed by atoms with Crippen LogP contribution in [0.15, 0.2) is 36.4 Å². The Labute approximate surface area is 153 Å². The number of halogens is 2. The van der Waals surface area contributed by atoms with Crippen molar-refractivity contribution in [2.45, 2.75) is 0 Å². The summed E-state index contributed by atoms with van der Waals surface area (Å²) in [5, 5.41) is 3.09. The lowest BCUT2D eigenvalue weighted by atomic mass is 10.2. The summed E-state index contributed by atoms with van der Waals surface area (Å²) in [6.07, 6.45) is 0. The maximum atomic E-state index is 12.1. The molecule has 1 aliphatic heterocycles. The molecule has 0 saturated carbocycles. The molecule has 0 aliphatic carbocycles. The minimum atomic E-state index is -0.655. The van der Waals surface area contributed by atoms with Crippen molar-refractivity contribution in [1.82, 2.24) is 0 Å². The zero-order chi connectivity index (χ0) is 17.8. The third kappa shape index (κ3) is 4.15. The molecule has 0 atom stereocenters. The second-order valence-corrected chi connectivity index (χ2v) is 5.89. The summed E-state index contributed by atoms with van der Waals surface area (Å²) in [6, 6.07) is 9.50. The van der Waals surface area contributed by atoms with E-state index in [1.807, 2.05) is 0 Å². The van der Waals surface area contributed by atoms with Gasteiger partial charge in [0.2, 0.25) is 0 Å². The number of nitrogens with one attached hydrogen (secondary N) is 1. The summed E-state index contributed by atoms with van der Waals surface area (Å²) in [7, 11) is 0. The van der Waals surface area contributed by atoms with Crippen LogP contribution >= 0.6 is 23.2 Å². The van der Waals surface area contributed by atoms with E-state index < -0.39 is 18.5 Å². The van der Waals surface area contributed by atoms with E-state index in [2.05, 4.69) is 5.32 Å². The van der Waals surface area contributed by atoms with Crippen LogP contribution in [0.25, 0.3) is 0 Å². The Morgan fingerprint density at radius 3 is 2.44 bits per heavy atom. The monoisotopic (exact) mass is 381 g/mol. The van der Waals surface area contributed by atoms with Gasteiger partial charge in [0.15, 0.2) is 18.1 Å². The lowest BCUT2D eigenvalue weighted by molar-refractivity contribution is -0.119. The second-order valence-electron chi connectivity index (χ2n) is 5.08. The quantitative estimate of drug-likeness (QED) is 0.819. The van der Waals surface area contributed by atoms with Gasteiger partial charge in [-0.25, -0.2) is 4.79 Å². The van der Waals surface area contributed by atoms with Gasteiger partial charge in [-0.05, 0) is 30.3 Å². The third-order valence-electron chi connectivity index (χ3n) is 3.34. The number of benzene rings is 2. The van der Waals surface area contributed by atoms with Crippen molar-refractivity contribution in [1.29, 1.82) is 0 Å². The molecule has 2 aromatic carbocycles. The number of rotatable bonds is 4. The van der Waals surface area contributed by atoms with Crippen molar-refractivity contribution >= 4 is 40.8 Å². The summed E-state index contributed by atoms with van der Waals surface area (Å²) in [6.45, 7) is 0.392. The highest BCUT2D eigenvalue weighted by molar-refractivity contribution is 6.39. The molecule has 0 saturated heterocycles. The number of para-hydroxylation sites is 1. The van der Waals surface area contributed by atoms with Crippen molar-refractivity contribution in [3.63, 3.8) is 0 Å². The van der Waals surface area contributed by atoms with Crippen molar-refractivity contribution in [2.24, 2.45) is 0 Å². The highest BCUT2D eigenvalue weighted by Gasteiger charge is 2.17. The Bertz CT molecular complexity index is 804. The van der Waals surface area contributed by atoms with Crippen molar-refractivity contribution in [2.75, 3.05) is 25.1 Å². The van der Waals surface area contributed by atoms with Gasteiger partial charge in [-0.15, -0.1) is 0 Å². The van der Waals surface area contributed by atoms with E-state index in [9.17, 15) is 9.59 Å². The van der Waals surface area contributed by atoms with Crippen LogP contribution in [0.1, 0.15) is 10.4 Å². The lowest BCUT2D eigenvalue weighted by Gasteiger charge is -2.18. The second kappa shape index (κ2) is 7.63. The Kier molecular flexibility index (Phi) is 5.31. The molecule has 6 nitrogen and oxygen atoms in total. The van der Waals surface area contributed by atoms with Crippen LogP contribution in [0, 0.1) is 0 Å². The topological polar surface area (TPSA) is 73.9 Å². The van der Waals surface area contributed by atoms with E-state index in [1.54, 1.807) is 30.3 Å². The molecule has 0 bridgehead atoms. The van der Waals surface area contributed by atoms with Gasteiger partial charge in [-0.1, -0.05) is 29.3 Å². The number of ether oxygens (including phenoxy) is 3. The maximum absolute atomic E-state index is 12.1. The Morgan fingerprint density at radius 1 is 1.04 bits per heavy atom. The molecule has 0 radical (unpaired) electrons. The van der Waals surface area contributed by atoms with Gasteiger partial charge in [0.1, 0.15) is 13.2 Å². The third-order valence-corrected chi connectivity index (χ3v) is 3.97. The number of fused-ring (bicyclic) bond motifs is 1. The molecule has 3 rings (SSSR count). The molecule has 1 N–H and O–H groups in total. The average molecular weight is 382 g/mol. The SMILES string of the molecule is O=C(COC(=O)c1ccc2c(c1)OCCO2)Nc1c(Cl)cccc1Cl. The lowest BCUT2D eigenvalue weighted by Crippen LogP contribution is -2.21. The summed E-state index contributed by atoms with van der Waals surface area (Å²) >= 11 is 11.9. The van der Waals surface area contributed by atoms with Gasteiger partial charge in [0.05, 0.1) is 21.3 Å². The minimum Gasteiger partial charge on any atom is -0.486 e. The number of carbonyl (C=O) groups excluding carboxylic acids is 2.